The van der Waals surface area contributed by atoms with Crippen LogP contribution in [0.5, 0.6) is 5.75 Å². The highest BCUT2D eigenvalue weighted by molar-refractivity contribution is 6.02. The van der Waals surface area contributed by atoms with Crippen molar-refractivity contribution >= 4 is 17.6 Å². The van der Waals surface area contributed by atoms with Crippen molar-refractivity contribution < 1.29 is 29.5 Å². The molecule has 1 rings (SSSR count). The van der Waals surface area contributed by atoms with Crippen molar-refractivity contribution in [2.75, 3.05) is 7.11 Å². The second kappa shape index (κ2) is 6.66. The zero-order chi connectivity index (χ0) is 16.2. The van der Waals surface area contributed by atoms with E-state index in [1.807, 2.05) is 5.32 Å². The van der Waals surface area contributed by atoms with Crippen LogP contribution in [0.15, 0.2) is 18.2 Å². The van der Waals surface area contributed by atoms with Gasteiger partial charge in [-0.2, -0.15) is 0 Å². The predicted molar refractivity (Wildman–Crippen MR) is 70.2 cm³/mol. The summed E-state index contributed by atoms with van der Waals surface area (Å²) in [7, 11) is 1.22. The third kappa shape index (κ3) is 3.66. The van der Waals surface area contributed by atoms with Gasteiger partial charge in [-0.05, 0) is 13.0 Å². The van der Waals surface area contributed by atoms with Gasteiger partial charge in [0, 0.05) is 6.07 Å². The summed E-state index contributed by atoms with van der Waals surface area (Å²) in [5.74, 6) is -2.56. The van der Waals surface area contributed by atoms with Gasteiger partial charge >= 0.3 is 5.97 Å². The summed E-state index contributed by atoms with van der Waals surface area (Å²) in [4.78, 5) is 33.2. The van der Waals surface area contributed by atoms with Crippen molar-refractivity contribution in [1.29, 1.82) is 0 Å². The monoisotopic (exact) mass is 298 g/mol. The zero-order valence-electron chi connectivity index (χ0n) is 11.3. The summed E-state index contributed by atoms with van der Waals surface area (Å²) in [5.41, 5.74) is -0.932. The number of carboxylic acids is 1. The lowest BCUT2D eigenvalue weighted by Crippen LogP contribution is -2.47. The lowest BCUT2D eigenvalue weighted by molar-refractivity contribution is -0.385. The highest BCUT2D eigenvalue weighted by Gasteiger charge is 2.30. The fourth-order valence-electron chi connectivity index (χ4n) is 1.67. The van der Waals surface area contributed by atoms with Gasteiger partial charge < -0.3 is 20.3 Å². The van der Waals surface area contributed by atoms with E-state index in [-0.39, 0.29) is 5.75 Å². The molecule has 114 valence electrons. The van der Waals surface area contributed by atoms with E-state index in [1.54, 1.807) is 0 Å². The first-order valence-electron chi connectivity index (χ1n) is 5.82. The van der Waals surface area contributed by atoms with Crippen molar-refractivity contribution in [2.24, 2.45) is 0 Å². The molecule has 0 aromatic heterocycles. The van der Waals surface area contributed by atoms with E-state index in [4.69, 9.17) is 9.84 Å². The van der Waals surface area contributed by atoms with Crippen molar-refractivity contribution in [2.45, 2.75) is 19.1 Å². The maximum Gasteiger partial charge on any atom is 0.328 e. The molecule has 9 heteroatoms. The Morgan fingerprint density at radius 1 is 1.43 bits per heavy atom. The molecule has 0 saturated carbocycles. The average molecular weight is 298 g/mol. The minimum Gasteiger partial charge on any atom is -0.496 e. The van der Waals surface area contributed by atoms with Gasteiger partial charge in [0.15, 0.2) is 11.6 Å². The largest absolute Gasteiger partial charge is 0.496 e. The lowest BCUT2D eigenvalue weighted by Gasteiger charge is -2.17. The third-order valence-electron chi connectivity index (χ3n) is 2.68. The Morgan fingerprint density at radius 2 is 2.05 bits per heavy atom. The number of nitro benzene ring substituents is 1. The number of ether oxygens (including phenoxy) is 1. The molecule has 0 bridgehead atoms. The SMILES string of the molecule is COc1cccc([N+](=O)[O-])c1C(=O)NC(C(=O)O)C(C)O. The summed E-state index contributed by atoms with van der Waals surface area (Å²) in [6.45, 7) is 1.18. The smallest absolute Gasteiger partial charge is 0.328 e. The normalized spacial score (nSPS) is 13.1. The minimum atomic E-state index is -1.60. The quantitative estimate of drug-likeness (QED) is 0.502. The fraction of sp³-hybridized carbons (Fsp3) is 0.333. The van der Waals surface area contributed by atoms with Crippen LogP contribution in [0.4, 0.5) is 5.69 Å². The first kappa shape index (κ1) is 16.4. The van der Waals surface area contributed by atoms with E-state index in [9.17, 15) is 24.8 Å². The number of aliphatic carboxylic acids is 1. The number of aliphatic hydroxyl groups excluding tert-OH is 1. The summed E-state index contributed by atoms with van der Waals surface area (Å²) >= 11 is 0. The number of rotatable bonds is 6. The number of nitro groups is 1. The zero-order valence-corrected chi connectivity index (χ0v) is 11.3. The standard InChI is InChI=1S/C12H14N2O7/c1-6(15)10(12(17)18)13-11(16)9-7(14(19)20)4-3-5-8(9)21-2/h3-6,10,15H,1-2H3,(H,13,16)(H,17,18). The van der Waals surface area contributed by atoms with Gasteiger partial charge in [0.1, 0.15) is 5.75 Å². The van der Waals surface area contributed by atoms with Gasteiger partial charge in [0.2, 0.25) is 0 Å². The van der Waals surface area contributed by atoms with Crippen LogP contribution in [0.3, 0.4) is 0 Å². The second-order valence-electron chi connectivity index (χ2n) is 4.14. The van der Waals surface area contributed by atoms with Crippen LogP contribution in [0.2, 0.25) is 0 Å². The number of amides is 1. The van der Waals surface area contributed by atoms with Crippen molar-refractivity contribution in [3.63, 3.8) is 0 Å². The summed E-state index contributed by atoms with van der Waals surface area (Å²) in [5, 5.41) is 31.2. The van der Waals surface area contributed by atoms with E-state index >= 15 is 0 Å². The molecule has 0 fully saturated rings. The highest BCUT2D eigenvalue weighted by Crippen LogP contribution is 2.28. The summed E-state index contributed by atoms with van der Waals surface area (Å²) in [6, 6.07) is 2.16. The van der Waals surface area contributed by atoms with E-state index in [0.717, 1.165) is 6.07 Å². The number of carboxylic acid groups (broad SMARTS) is 1. The Bertz CT molecular complexity index is 571. The van der Waals surface area contributed by atoms with Crippen molar-refractivity contribution in [1.82, 2.24) is 5.32 Å². The molecule has 3 N–H and O–H groups in total. The Kier molecular flexibility index (Phi) is 5.19. The number of nitrogens with zero attached hydrogens (tertiary/aromatic N) is 1. The first-order chi connectivity index (χ1) is 9.79. The summed E-state index contributed by atoms with van der Waals surface area (Å²) < 4.78 is 4.88. The van der Waals surface area contributed by atoms with Gasteiger partial charge in [-0.25, -0.2) is 4.79 Å². The van der Waals surface area contributed by atoms with Crippen LogP contribution < -0.4 is 10.1 Å². The first-order valence-corrected chi connectivity index (χ1v) is 5.82. The number of nitrogens with one attached hydrogen (secondary N) is 1. The Labute approximate surface area is 119 Å². The number of hydrogen-bond donors (Lipinski definition) is 3. The molecule has 21 heavy (non-hydrogen) atoms. The second-order valence-corrected chi connectivity index (χ2v) is 4.14. The van der Waals surface area contributed by atoms with Gasteiger partial charge in [0.25, 0.3) is 11.6 Å². The topological polar surface area (TPSA) is 139 Å². The van der Waals surface area contributed by atoms with E-state index < -0.39 is 40.2 Å². The molecule has 0 aliphatic heterocycles. The Balaban J connectivity index is 3.23. The average Bonchev–Trinajstić information content (AvgIpc) is 2.42. The predicted octanol–water partition coefficient (Wildman–Crippen LogP) is 0.167. The van der Waals surface area contributed by atoms with Crippen molar-refractivity contribution in [3.05, 3.63) is 33.9 Å². The number of carbonyl (C=O) groups is 2. The highest BCUT2D eigenvalue weighted by atomic mass is 16.6. The van der Waals surface area contributed by atoms with Crippen LogP contribution in [0.25, 0.3) is 0 Å². The van der Waals surface area contributed by atoms with Crippen LogP contribution in [-0.4, -0.2) is 46.3 Å². The Morgan fingerprint density at radius 3 is 2.48 bits per heavy atom. The van der Waals surface area contributed by atoms with Gasteiger partial charge in [-0.15, -0.1) is 0 Å². The molecular formula is C12H14N2O7. The van der Waals surface area contributed by atoms with Crippen molar-refractivity contribution in [3.8, 4) is 5.75 Å². The molecule has 0 aliphatic rings. The number of hydrogen-bond acceptors (Lipinski definition) is 6. The number of benzene rings is 1. The number of carbonyl (C=O) groups excluding carboxylic acids is 1. The van der Waals surface area contributed by atoms with Gasteiger partial charge in [-0.3, -0.25) is 14.9 Å². The molecule has 2 atom stereocenters. The van der Waals surface area contributed by atoms with Gasteiger partial charge in [-0.1, -0.05) is 6.07 Å². The van der Waals surface area contributed by atoms with E-state index in [2.05, 4.69) is 0 Å². The molecule has 0 saturated heterocycles. The molecular weight excluding hydrogens is 284 g/mol. The van der Waals surface area contributed by atoms with E-state index in [0.29, 0.717) is 0 Å². The summed E-state index contributed by atoms with van der Waals surface area (Å²) in [6.07, 6.45) is -1.37. The lowest BCUT2D eigenvalue weighted by atomic mass is 10.1. The molecule has 0 aliphatic carbocycles. The maximum atomic E-state index is 12.1. The molecule has 1 aromatic carbocycles. The minimum absolute atomic E-state index is 0.0727. The number of aliphatic hydroxyl groups is 1. The van der Waals surface area contributed by atoms with Crippen LogP contribution in [0, 0.1) is 10.1 Å². The molecule has 0 spiro atoms. The fourth-order valence-corrected chi connectivity index (χ4v) is 1.67. The third-order valence-corrected chi connectivity index (χ3v) is 2.68. The molecule has 0 heterocycles. The molecule has 2 unspecified atom stereocenters. The van der Waals surface area contributed by atoms with Crippen LogP contribution in [0.1, 0.15) is 17.3 Å². The maximum absolute atomic E-state index is 12.1. The molecule has 0 radical (unpaired) electrons. The molecule has 1 amide bonds. The van der Waals surface area contributed by atoms with Gasteiger partial charge in [0.05, 0.1) is 18.1 Å². The molecule has 1 aromatic rings. The van der Waals surface area contributed by atoms with Crippen LogP contribution >= 0.6 is 0 Å². The Hall–Kier alpha value is -2.68. The van der Waals surface area contributed by atoms with E-state index in [1.165, 1.54) is 26.2 Å². The number of methoxy groups -OCH3 is 1. The molecule has 9 nitrogen and oxygen atoms in total. The van der Waals surface area contributed by atoms with Crippen LogP contribution in [-0.2, 0) is 4.79 Å².